The molecule has 150 valence electrons. The van der Waals surface area contributed by atoms with Gasteiger partial charge in [-0.3, -0.25) is 9.59 Å². The molecule has 5 rings (SSSR count). The van der Waals surface area contributed by atoms with Gasteiger partial charge in [0.05, 0.1) is 11.9 Å². The molecule has 6 nitrogen and oxygen atoms in total. The Hall–Kier alpha value is -3.67. The van der Waals surface area contributed by atoms with Crippen LogP contribution in [0.5, 0.6) is 17.4 Å². The minimum atomic E-state index is -0.195. The number of carbonyl (C=O) groups excluding carboxylic acids is 2. The Labute approximate surface area is 174 Å². The van der Waals surface area contributed by atoms with E-state index in [0.717, 1.165) is 24.2 Å². The molecule has 0 aliphatic carbocycles. The fourth-order valence-corrected chi connectivity index (χ4v) is 3.88. The van der Waals surface area contributed by atoms with Crippen molar-refractivity contribution < 1.29 is 19.1 Å². The maximum atomic E-state index is 11.8. The van der Waals surface area contributed by atoms with Crippen molar-refractivity contribution in [1.82, 2.24) is 4.98 Å². The summed E-state index contributed by atoms with van der Waals surface area (Å²) in [6, 6.07) is 19.3. The number of fused-ring (bicyclic) bond motifs is 1. The molecule has 2 amide bonds. The minimum absolute atomic E-state index is 0.0655. The van der Waals surface area contributed by atoms with E-state index in [0.29, 0.717) is 17.3 Å². The zero-order valence-corrected chi connectivity index (χ0v) is 16.3. The summed E-state index contributed by atoms with van der Waals surface area (Å²) in [7, 11) is 0. The lowest BCUT2D eigenvalue weighted by Gasteiger charge is -2.26. The Kier molecular flexibility index (Phi) is 4.67. The molecule has 30 heavy (non-hydrogen) atoms. The molecule has 0 spiro atoms. The first-order valence-corrected chi connectivity index (χ1v) is 10.0. The van der Waals surface area contributed by atoms with Gasteiger partial charge in [0.25, 0.3) is 0 Å². The second kappa shape index (κ2) is 7.63. The van der Waals surface area contributed by atoms with Crippen LogP contribution in [0.1, 0.15) is 36.5 Å². The van der Waals surface area contributed by atoms with Gasteiger partial charge in [-0.15, -0.1) is 0 Å². The van der Waals surface area contributed by atoms with Gasteiger partial charge in [-0.05, 0) is 48.2 Å². The van der Waals surface area contributed by atoms with Crippen molar-refractivity contribution in [2.75, 3.05) is 4.90 Å². The molecule has 0 radical (unpaired) electrons. The van der Waals surface area contributed by atoms with Gasteiger partial charge in [0.1, 0.15) is 17.6 Å². The number of imide groups is 1. The summed E-state index contributed by atoms with van der Waals surface area (Å²) in [5.74, 6) is 1.55. The molecule has 2 aliphatic heterocycles. The van der Waals surface area contributed by atoms with E-state index in [1.807, 2.05) is 36.4 Å². The zero-order chi connectivity index (χ0) is 20.5. The van der Waals surface area contributed by atoms with Crippen molar-refractivity contribution >= 4 is 17.5 Å². The monoisotopic (exact) mass is 400 g/mol. The number of amides is 2. The average molecular weight is 400 g/mol. The summed E-state index contributed by atoms with van der Waals surface area (Å²) in [6.07, 6.45) is 3.86. The molecule has 1 fully saturated rings. The van der Waals surface area contributed by atoms with E-state index in [-0.39, 0.29) is 30.8 Å². The second-order valence-electron chi connectivity index (χ2n) is 7.40. The van der Waals surface area contributed by atoms with E-state index >= 15 is 0 Å². The number of pyridine rings is 1. The third-order valence-corrected chi connectivity index (χ3v) is 5.40. The number of anilines is 1. The van der Waals surface area contributed by atoms with Gasteiger partial charge in [-0.25, -0.2) is 9.88 Å². The number of rotatable bonds is 4. The quantitative estimate of drug-likeness (QED) is 0.599. The molecule has 1 atom stereocenters. The van der Waals surface area contributed by atoms with Gasteiger partial charge in [0.15, 0.2) is 0 Å². The van der Waals surface area contributed by atoms with Gasteiger partial charge < -0.3 is 9.47 Å². The number of benzene rings is 2. The molecule has 0 bridgehead atoms. The summed E-state index contributed by atoms with van der Waals surface area (Å²) in [5.41, 5.74) is 2.76. The van der Waals surface area contributed by atoms with Crippen LogP contribution in [-0.4, -0.2) is 16.8 Å². The molecule has 3 heterocycles. The van der Waals surface area contributed by atoms with E-state index < -0.39 is 0 Å². The minimum Gasteiger partial charge on any atom is -0.485 e. The topological polar surface area (TPSA) is 68.7 Å². The highest BCUT2D eigenvalue weighted by molar-refractivity contribution is 6.19. The standard InChI is InChI=1S/C24H20N2O4/c27-23-12-13-24(28)26(23)18-7-11-22(25-15-18)29-19-8-10-21-17(14-19)6-9-20(30-21)16-4-2-1-3-5-16/h1-5,7-8,10-11,14-15,20H,6,9,12-13H2. The third-order valence-electron chi connectivity index (χ3n) is 5.40. The largest absolute Gasteiger partial charge is 0.485 e. The zero-order valence-electron chi connectivity index (χ0n) is 16.3. The molecule has 2 aromatic carbocycles. The van der Waals surface area contributed by atoms with Crippen molar-refractivity contribution in [2.24, 2.45) is 0 Å². The second-order valence-corrected chi connectivity index (χ2v) is 7.40. The lowest BCUT2D eigenvalue weighted by Crippen LogP contribution is -2.28. The first kappa shape index (κ1) is 18.4. The molecule has 3 aromatic rings. The highest BCUT2D eigenvalue weighted by atomic mass is 16.5. The lowest BCUT2D eigenvalue weighted by molar-refractivity contribution is -0.121. The molecule has 1 unspecified atom stereocenters. The number of aromatic nitrogens is 1. The smallest absolute Gasteiger partial charge is 0.234 e. The maximum absolute atomic E-state index is 11.8. The van der Waals surface area contributed by atoms with Crippen LogP contribution in [0.4, 0.5) is 5.69 Å². The van der Waals surface area contributed by atoms with Crippen molar-refractivity contribution in [3.63, 3.8) is 0 Å². The van der Waals surface area contributed by atoms with E-state index in [2.05, 4.69) is 17.1 Å². The summed E-state index contributed by atoms with van der Waals surface area (Å²) < 4.78 is 12.0. The molecule has 1 aromatic heterocycles. The first-order chi connectivity index (χ1) is 14.7. The number of hydrogen-bond acceptors (Lipinski definition) is 5. The van der Waals surface area contributed by atoms with Gasteiger partial charge in [-0.1, -0.05) is 30.3 Å². The van der Waals surface area contributed by atoms with Gasteiger partial charge >= 0.3 is 0 Å². The third kappa shape index (κ3) is 3.52. The Morgan fingerprint density at radius 1 is 0.933 bits per heavy atom. The van der Waals surface area contributed by atoms with Crippen LogP contribution in [0.3, 0.4) is 0 Å². The highest BCUT2D eigenvalue weighted by Gasteiger charge is 2.30. The van der Waals surface area contributed by atoms with Gasteiger partial charge in [0, 0.05) is 18.9 Å². The van der Waals surface area contributed by atoms with Crippen LogP contribution in [0.2, 0.25) is 0 Å². The summed E-state index contributed by atoms with van der Waals surface area (Å²) in [6.45, 7) is 0. The fraction of sp³-hybridized carbons (Fsp3) is 0.208. The van der Waals surface area contributed by atoms with E-state index in [1.54, 1.807) is 12.1 Å². The molecule has 2 aliphatic rings. The molecular weight excluding hydrogens is 380 g/mol. The lowest BCUT2D eigenvalue weighted by atomic mass is 9.97. The Bertz CT molecular complexity index is 1080. The molecule has 6 heteroatoms. The summed E-state index contributed by atoms with van der Waals surface area (Å²) >= 11 is 0. The predicted octanol–water partition coefficient (Wildman–Crippen LogP) is 4.59. The van der Waals surface area contributed by atoms with Crippen LogP contribution in [0.25, 0.3) is 0 Å². The number of aryl methyl sites for hydroxylation is 1. The van der Waals surface area contributed by atoms with Crippen molar-refractivity contribution in [1.29, 1.82) is 0 Å². The van der Waals surface area contributed by atoms with Gasteiger partial charge in [-0.2, -0.15) is 0 Å². The molecule has 0 saturated carbocycles. The summed E-state index contributed by atoms with van der Waals surface area (Å²) in [4.78, 5) is 29.1. The highest BCUT2D eigenvalue weighted by Crippen LogP contribution is 2.37. The maximum Gasteiger partial charge on any atom is 0.234 e. The first-order valence-electron chi connectivity index (χ1n) is 10.0. The summed E-state index contributed by atoms with van der Waals surface area (Å²) in [5, 5.41) is 0. The Balaban J connectivity index is 1.29. The van der Waals surface area contributed by atoms with Crippen LogP contribution in [-0.2, 0) is 16.0 Å². The van der Waals surface area contributed by atoms with Crippen molar-refractivity contribution in [2.45, 2.75) is 31.8 Å². The fourth-order valence-electron chi connectivity index (χ4n) is 3.88. The number of nitrogens with zero attached hydrogens (tertiary/aromatic N) is 2. The van der Waals surface area contributed by atoms with Gasteiger partial charge in [0.2, 0.25) is 17.7 Å². The number of hydrogen-bond donors (Lipinski definition) is 0. The van der Waals surface area contributed by atoms with Crippen LogP contribution >= 0.6 is 0 Å². The molecular formula is C24H20N2O4. The average Bonchev–Trinajstić information content (AvgIpc) is 3.12. The molecule has 1 saturated heterocycles. The predicted molar refractivity (Wildman–Crippen MR) is 111 cm³/mol. The van der Waals surface area contributed by atoms with Crippen molar-refractivity contribution in [3.05, 3.63) is 78.0 Å². The molecule has 0 N–H and O–H groups in total. The number of carbonyl (C=O) groups is 2. The van der Waals surface area contributed by atoms with Crippen LogP contribution < -0.4 is 14.4 Å². The van der Waals surface area contributed by atoms with E-state index in [9.17, 15) is 9.59 Å². The normalized spacial score (nSPS) is 18.1. The van der Waals surface area contributed by atoms with E-state index in [1.165, 1.54) is 16.7 Å². The number of ether oxygens (including phenoxy) is 2. The van der Waals surface area contributed by atoms with Crippen molar-refractivity contribution in [3.8, 4) is 17.4 Å². The Morgan fingerprint density at radius 3 is 2.47 bits per heavy atom. The van der Waals surface area contributed by atoms with Crippen LogP contribution in [0.15, 0.2) is 66.9 Å². The van der Waals surface area contributed by atoms with E-state index in [4.69, 9.17) is 9.47 Å². The van der Waals surface area contributed by atoms with Crippen LogP contribution in [0, 0.1) is 0 Å². The Morgan fingerprint density at radius 2 is 1.73 bits per heavy atom. The SMILES string of the molecule is O=C1CCC(=O)N1c1ccc(Oc2ccc3c(c2)CCC(c2ccccc2)O3)nc1.